The van der Waals surface area contributed by atoms with Gasteiger partial charge in [-0.1, -0.05) is 20.8 Å². The van der Waals surface area contributed by atoms with E-state index >= 15 is 0 Å². The summed E-state index contributed by atoms with van der Waals surface area (Å²) >= 11 is 2.83. The Morgan fingerprint density at radius 3 is 1.77 bits per heavy atom. The lowest BCUT2D eigenvalue weighted by molar-refractivity contribution is 0.538. The number of benzene rings is 1. The fourth-order valence-electron chi connectivity index (χ4n) is 0.989. The van der Waals surface area contributed by atoms with Gasteiger partial charge in [0, 0.05) is 0 Å². The second-order valence-corrected chi connectivity index (χ2v) is 4.80. The van der Waals surface area contributed by atoms with Gasteiger partial charge in [0.05, 0.1) is 4.47 Å². The molecule has 72 valence electrons. The standard InChI is InChI=1S/C10H11BrF2/c1-10(2,3)6-4-7(12)9(11)8(13)5-6/h4-5H,1-3H3. The minimum absolute atomic E-state index is 0.0968. The van der Waals surface area contributed by atoms with E-state index in [0.717, 1.165) is 0 Å². The van der Waals surface area contributed by atoms with Gasteiger partial charge in [-0.05, 0) is 39.0 Å². The van der Waals surface area contributed by atoms with Crippen LogP contribution >= 0.6 is 15.9 Å². The van der Waals surface area contributed by atoms with Crippen molar-refractivity contribution in [3.63, 3.8) is 0 Å². The molecule has 0 unspecified atom stereocenters. The van der Waals surface area contributed by atoms with E-state index in [1.54, 1.807) is 0 Å². The van der Waals surface area contributed by atoms with Gasteiger partial charge in [-0.25, -0.2) is 8.78 Å². The zero-order valence-corrected chi connectivity index (χ0v) is 9.37. The van der Waals surface area contributed by atoms with Crippen LogP contribution in [0.2, 0.25) is 0 Å². The molecule has 0 N–H and O–H groups in total. The molecule has 0 amide bonds. The molecule has 0 heterocycles. The largest absolute Gasteiger partial charge is 0.206 e. The second kappa shape index (κ2) is 3.37. The average molecular weight is 249 g/mol. The summed E-state index contributed by atoms with van der Waals surface area (Å²) in [6.45, 7) is 5.74. The van der Waals surface area contributed by atoms with Crippen LogP contribution in [0.1, 0.15) is 26.3 Å². The van der Waals surface area contributed by atoms with Crippen LogP contribution in [-0.2, 0) is 5.41 Å². The molecule has 1 aromatic carbocycles. The highest BCUT2D eigenvalue weighted by molar-refractivity contribution is 9.10. The Morgan fingerprint density at radius 2 is 1.46 bits per heavy atom. The van der Waals surface area contributed by atoms with Gasteiger partial charge >= 0.3 is 0 Å². The molecule has 0 fully saturated rings. The van der Waals surface area contributed by atoms with E-state index in [2.05, 4.69) is 15.9 Å². The maximum absolute atomic E-state index is 13.1. The number of rotatable bonds is 0. The molecule has 0 spiro atoms. The van der Waals surface area contributed by atoms with Gasteiger partial charge in [0.25, 0.3) is 0 Å². The minimum Gasteiger partial charge on any atom is -0.206 e. The van der Waals surface area contributed by atoms with E-state index in [0.29, 0.717) is 5.56 Å². The van der Waals surface area contributed by atoms with Gasteiger partial charge < -0.3 is 0 Å². The molecule has 0 atom stereocenters. The molecule has 1 rings (SSSR count). The van der Waals surface area contributed by atoms with Crippen molar-refractivity contribution in [1.29, 1.82) is 0 Å². The van der Waals surface area contributed by atoms with Crippen LogP contribution in [-0.4, -0.2) is 0 Å². The van der Waals surface area contributed by atoms with Gasteiger partial charge in [0.2, 0.25) is 0 Å². The normalized spacial score (nSPS) is 11.8. The Hall–Kier alpha value is -0.440. The van der Waals surface area contributed by atoms with E-state index in [4.69, 9.17) is 0 Å². The third-order valence-corrected chi connectivity index (χ3v) is 2.61. The Labute approximate surface area is 85.1 Å². The molecule has 1 aromatic rings. The highest BCUT2D eigenvalue weighted by Gasteiger charge is 2.17. The summed E-state index contributed by atoms with van der Waals surface area (Å²) in [6.07, 6.45) is 0. The summed E-state index contributed by atoms with van der Waals surface area (Å²) in [5, 5.41) is 0. The lowest BCUT2D eigenvalue weighted by atomic mass is 9.87. The van der Waals surface area contributed by atoms with E-state index in [9.17, 15) is 8.78 Å². The summed E-state index contributed by atoms with van der Waals surface area (Å²) in [5.74, 6) is -1.10. The minimum atomic E-state index is -0.551. The Kier molecular flexibility index (Phi) is 2.76. The van der Waals surface area contributed by atoms with E-state index < -0.39 is 11.6 Å². The van der Waals surface area contributed by atoms with Crippen molar-refractivity contribution < 1.29 is 8.78 Å². The summed E-state index contributed by atoms with van der Waals surface area (Å²) in [5.41, 5.74) is 0.424. The topological polar surface area (TPSA) is 0 Å². The number of hydrogen-bond donors (Lipinski definition) is 0. The van der Waals surface area contributed by atoms with Crippen molar-refractivity contribution in [2.24, 2.45) is 0 Å². The Bertz CT molecular complexity index is 303. The first kappa shape index (κ1) is 10.6. The summed E-state index contributed by atoms with van der Waals surface area (Å²) in [6, 6.07) is 2.71. The van der Waals surface area contributed by atoms with Crippen LogP contribution in [0.15, 0.2) is 16.6 Å². The SMILES string of the molecule is CC(C)(C)c1cc(F)c(Br)c(F)c1. The van der Waals surface area contributed by atoms with Crippen LogP contribution in [0, 0.1) is 11.6 Å². The fraction of sp³-hybridized carbons (Fsp3) is 0.400. The van der Waals surface area contributed by atoms with Gasteiger partial charge in [-0.2, -0.15) is 0 Å². The third kappa shape index (κ3) is 2.27. The molecule has 0 aromatic heterocycles. The summed E-state index contributed by atoms with van der Waals surface area (Å²) < 4.78 is 26.1. The first-order chi connectivity index (χ1) is 5.82. The molecular weight excluding hydrogens is 238 g/mol. The second-order valence-electron chi connectivity index (χ2n) is 4.00. The first-order valence-electron chi connectivity index (χ1n) is 3.97. The van der Waals surface area contributed by atoms with Crippen LogP contribution in [0.25, 0.3) is 0 Å². The maximum atomic E-state index is 13.1. The van der Waals surface area contributed by atoms with Gasteiger partial charge in [0.1, 0.15) is 11.6 Å². The zero-order valence-electron chi connectivity index (χ0n) is 7.79. The summed E-state index contributed by atoms with van der Waals surface area (Å²) in [7, 11) is 0. The Morgan fingerprint density at radius 1 is 1.08 bits per heavy atom. The lowest BCUT2D eigenvalue weighted by Crippen LogP contribution is -2.12. The molecule has 0 bridgehead atoms. The zero-order chi connectivity index (χ0) is 10.2. The molecule has 0 saturated heterocycles. The monoisotopic (exact) mass is 248 g/mol. The van der Waals surface area contributed by atoms with E-state index in [1.807, 2.05) is 20.8 Å². The van der Waals surface area contributed by atoms with Gasteiger partial charge in [-0.3, -0.25) is 0 Å². The predicted molar refractivity (Wildman–Crippen MR) is 52.8 cm³/mol. The van der Waals surface area contributed by atoms with Gasteiger partial charge in [-0.15, -0.1) is 0 Å². The predicted octanol–water partition coefficient (Wildman–Crippen LogP) is 4.02. The quantitative estimate of drug-likeness (QED) is 0.609. The molecule has 13 heavy (non-hydrogen) atoms. The molecule has 3 heteroatoms. The number of hydrogen-bond acceptors (Lipinski definition) is 0. The molecular formula is C10H11BrF2. The van der Waals surface area contributed by atoms with Crippen molar-refractivity contribution in [3.8, 4) is 0 Å². The van der Waals surface area contributed by atoms with Crippen LogP contribution in [0.4, 0.5) is 8.78 Å². The third-order valence-electron chi connectivity index (χ3n) is 1.85. The highest BCUT2D eigenvalue weighted by Crippen LogP contribution is 2.28. The van der Waals surface area contributed by atoms with Crippen molar-refractivity contribution in [2.75, 3.05) is 0 Å². The smallest absolute Gasteiger partial charge is 0.140 e. The van der Waals surface area contributed by atoms with Crippen LogP contribution in [0.5, 0.6) is 0 Å². The number of halogens is 3. The van der Waals surface area contributed by atoms with Crippen LogP contribution in [0.3, 0.4) is 0 Å². The first-order valence-corrected chi connectivity index (χ1v) is 4.76. The molecule has 0 aliphatic heterocycles. The molecule has 0 nitrogen and oxygen atoms in total. The van der Waals surface area contributed by atoms with Crippen molar-refractivity contribution in [1.82, 2.24) is 0 Å². The lowest BCUT2D eigenvalue weighted by Gasteiger charge is -2.19. The molecule has 0 saturated carbocycles. The average Bonchev–Trinajstić information content (AvgIpc) is 1.97. The maximum Gasteiger partial charge on any atom is 0.140 e. The van der Waals surface area contributed by atoms with Crippen molar-refractivity contribution in [2.45, 2.75) is 26.2 Å². The van der Waals surface area contributed by atoms with Gasteiger partial charge in [0.15, 0.2) is 0 Å². The highest BCUT2D eigenvalue weighted by atomic mass is 79.9. The van der Waals surface area contributed by atoms with E-state index in [-0.39, 0.29) is 9.89 Å². The fourth-order valence-corrected chi connectivity index (χ4v) is 1.22. The van der Waals surface area contributed by atoms with Crippen molar-refractivity contribution >= 4 is 15.9 Å². The Balaban J connectivity index is 3.29. The molecule has 0 radical (unpaired) electrons. The molecule has 0 aliphatic rings. The summed E-state index contributed by atoms with van der Waals surface area (Å²) in [4.78, 5) is 0. The van der Waals surface area contributed by atoms with Crippen molar-refractivity contribution in [3.05, 3.63) is 33.8 Å². The molecule has 0 aliphatic carbocycles. The van der Waals surface area contributed by atoms with Crippen LogP contribution < -0.4 is 0 Å². The van der Waals surface area contributed by atoms with E-state index in [1.165, 1.54) is 12.1 Å².